The molecule has 0 aliphatic heterocycles. The predicted octanol–water partition coefficient (Wildman–Crippen LogP) is 3.64. The molecule has 1 aromatic heterocycles. The van der Waals surface area contributed by atoms with Crippen LogP contribution in [-0.4, -0.2) is 17.8 Å². The van der Waals surface area contributed by atoms with Crippen LogP contribution in [0.1, 0.15) is 49.1 Å². The molecule has 2 atom stereocenters. The van der Waals surface area contributed by atoms with E-state index in [0.29, 0.717) is 12.1 Å². The van der Waals surface area contributed by atoms with E-state index in [-0.39, 0.29) is 6.61 Å². The van der Waals surface area contributed by atoms with Gasteiger partial charge in [0.1, 0.15) is 0 Å². The molecule has 96 valence electrons. The van der Waals surface area contributed by atoms with Gasteiger partial charge in [0.05, 0.1) is 3.79 Å². The van der Waals surface area contributed by atoms with Crippen LogP contribution in [0.2, 0.25) is 0 Å². The SMILES string of the molecule is CCC(CCO)NC1CCCc2sc(Br)cc21. The molecule has 1 aliphatic carbocycles. The minimum absolute atomic E-state index is 0.276. The molecule has 0 spiro atoms. The molecular weight excluding hydrogens is 298 g/mol. The van der Waals surface area contributed by atoms with E-state index in [1.165, 1.54) is 33.5 Å². The lowest BCUT2D eigenvalue weighted by Gasteiger charge is -2.28. The standard InChI is InChI=1S/C13H20BrNOS/c1-2-9(6-7-16)15-11-4-3-5-12-10(11)8-13(14)17-12/h8-9,11,15-16H,2-7H2,1H3. The highest BCUT2D eigenvalue weighted by Gasteiger charge is 2.24. The van der Waals surface area contributed by atoms with Gasteiger partial charge in [-0.05, 0) is 59.7 Å². The fourth-order valence-corrected chi connectivity index (χ4v) is 4.36. The number of thiophene rings is 1. The summed E-state index contributed by atoms with van der Waals surface area (Å²) in [7, 11) is 0. The summed E-state index contributed by atoms with van der Waals surface area (Å²) in [5.41, 5.74) is 1.48. The van der Waals surface area contributed by atoms with E-state index in [1.54, 1.807) is 0 Å². The van der Waals surface area contributed by atoms with Crippen LogP contribution in [0, 0.1) is 0 Å². The Kier molecular flexibility index (Phi) is 5.03. The van der Waals surface area contributed by atoms with Gasteiger partial charge >= 0.3 is 0 Å². The van der Waals surface area contributed by atoms with Crippen molar-refractivity contribution in [3.63, 3.8) is 0 Å². The first-order valence-electron chi connectivity index (χ1n) is 6.39. The summed E-state index contributed by atoms with van der Waals surface area (Å²) in [6.07, 6.45) is 5.65. The van der Waals surface area contributed by atoms with Gasteiger partial charge in [-0.25, -0.2) is 0 Å². The third-order valence-corrected chi connectivity index (χ3v) is 5.20. The van der Waals surface area contributed by atoms with Crippen molar-refractivity contribution in [2.45, 2.75) is 51.1 Å². The Morgan fingerprint density at radius 1 is 1.65 bits per heavy atom. The summed E-state index contributed by atoms with van der Waals surface area (Å²) in [6.45, 7) is 2.46. The largest absolute Gasteiger partial charge is 0.396 e. The molecule has 2 N–H and O–H groups in total. The summed E-state index contributed by atoms with van der Waals surface area (Å²) < 4.78 is 1.24. The fourth-order valence-electron chi connectivity index (χ4n) is 2.54. The molecule has 0 saturated carbocycles. The molecule has 0 saturated heterocycles. The van der Waals surface area contributed by atoms with Gasteiger partial charge in [0.15, 0.2) is 0 Å². The third kappa shape index (κ3) is 3.31. The van der Waals surface area contributed by atoms with Crippen LogP contribution in [0.25, 0.3) is 0 Å². The monoisotopic (exact) mass is 317 g/mol. The third-order valence-electron chi connectivity index (χ3n) is 3.49. The van der Waals surface area contributed by atoms with Gasteiger partial charge in [0, 0.05) is 23.6 Å². The highest BCUT2D eigenvalue weighted by molar-refractivity contribution is 9.11. The van der Waals surface area contributed by atoms with Gasteiger partial charge in [0.25, 0.3) is 0 Å². The summed E-state index contributed by atoms with van der Waals surface area (Å²) in [5, 5.41) is 12.8. The molecule has 4 heteroatoms. The molecule has 0 aromatic carbocycles. The van der Waals surface area contributed by atoms with E-state index in [0.717, 1.165) is 12.8 Å². The topological polar surface area (TPSA) is 32.3 Å². The van der Waals surface area contributed by atoms with Crippen LogP contribution in [0.3, 0.4) is 0 Å². The minimum atomic E-state index is 0.276. The first-order valence-corrected chi connectivity index (χ1v) is 8.00. The number of aliphatic hydroxyl groups excluding tert-OH is 1. The zero-order chi connectivity index (χ0) is 12.3. The van der Waals surface area contributed by atoms with Crippen molar-refractivity contribution in [1.82, 2.24) is 5.32 Å². The van der Waals surface area contributed by atoms with Crippen molar-refractivity contribution in [1.29, 1.82) is 0 Å². The van der Waals surface area contributed by atoms with Gasteiger partial charge < -0.3 is 10.4 Å². The van der Waals surface area contributed by atoms with E-state index in [1.807, 2.05) is 11.3 Å². The highest BCUT2D eigenvalue weighted by atomic mass is 79.9. The number of rotatable bonds is 5. The predicted molar refractivity (Wildman–Crippen MR) is 76.6 cm³/mol. The molecule has 2 rings (SSSR count). The van der Waals surface area contributed by atoms with E-state index < -0.39 is 0 Å². The van der Waals surface area contributed by atoms with Gasteiger partial charge in [-0.1, -0.05) is 6.92 Å². The number of aryl methyl sites for hydroxylation is 1. The molecule has 2 nitrogen and oxygen atoms in total. The van der Waals surface area contributed by atoms with Gasteiger partial charge in [-0.15, -0.1) is 11.3 Å². The second-order valence-corrected chi connectivity index (χ2v) is 7.17. The molecule has 1 heterocycles. The number of hydrogen-bond donors (Lipinski definition) is 2. The van der Waals surface area contributed by atoms with E-state index >= 15 is 0 Å². The maximum absolute atomic E-state index is 9.05. The molecular formula is C13H20BrNOS. The highest BCUT2D eigenvalue weighted by Crippen LogP contribution is 2.38. The molecule has 2 unspecified atom stereocenters. The first-order chi connectivity index (χ1) is 8.24. The second-order valence-electron chi connectivity index (χ2n) is 4.66. The second kappa shape index (κ2) is 6.32. The number of nitrogens with one attached hydrogen (secondary N) is 1. The summed E-state index contributed by atoms with van der Waals surface area (Å²) in [4.78, 5) is 1.53. The van der Waals surface area contributed by atoms with Crippen LogP contribution in [0.15, 0.2) is 9.85 Å². The number of fused-ring (bicyclic) bond motifs is 1. The van der Waals surface area contributed by atoms with Gasteiger partial charge in [-0.2, -0.15) is 0 Å². The van der Waals surface area contributed by atoms with Crippen molar-refractivity contribution < 1.29 is 5.11 Å². The maximum atomic E-state index is 9.05. The van der Waals surface area contributed by atoms with Crippen molar-refractivity contribution in [3.8, 4) is 0 Å². The average molecular weight is 318 g/mol. The van der Waals surface area contributed by atoms with Crippen molar-refractivity contribution in [2.24, 2.45) is 0 Å². The molecule has 0 amide bonds. The van der Waals surface area contributed by atoms with E-state index in [9.17, 15) is 0 Å². The smallest absolute Gasteiger partial charge is 0.0704 e. The maximum Gasteiger partial charge on any atom is 0.0704 e. The van der Waals surface area contributed by atoms with Crippen LogP contribution >= 0.6 is 27.3 Å². The average Bonchev–Trinajstić information content (AvgIpc) is 2.70. The van der Waals surface area contributed by atoms with Crippen LogP contribution in [0.4, 0.5) is 0 Å². The Balaban J connectivity index is 2.07. The van der Waals surface area contributed by atoms with Crippen molar-refractivity contribution >= 4 is 27.3 Å². The number of halogens is 1. The lowest BCUT2D eigenvalue weighted by Crippen LogP contribution is -2.34. The van der Waals surface area contributed by atoms with Crippen LogP contribution in [-0.2, 0) is 6.42 Å². The van der Waals surface area contributed by atoms with Crippen LogP contribution in [0.5, 0.6) is 0 Å². The number of aliphatic hydroxyl groups is 1. The van der Waals surface area contributed by atoms with Crippen molar-refractivity contribution in [3.05, 3.63) is 20.3 Å². The van der Waals surface area contributed by atoms with Crippen LogP contribution < -0.4 is 5.32 Å². The molecule has 1 aliphatic rings. The summed E-state index contributed by atoms with van der Waals surface area (Å²) in [5.74, 6) is 0. The Morgan fingerprint density at radius 2 is 2.47 bits per heavy atom. The van der Waals surface area contributed by atoms with E-state index in [2.05, 4.69) is 34.2 Å². The zero-order valence-corrected chi connectivity index (χ0v) is 12.6. The Hall–Kier alpha value is 0.100. The Labute approximate surface area is 116 Å². The molecule has 0 radical (unpaired) electrons. The fraction of sp³-hybridized carbons (Fsp3) is 0.692. The molecule has 0 bridgehead atoms. The zero-order valence-electron chi connectivity index (χ0n) is 10.2. The van der Waals surface area contributed by atoms with Gasteiger partial charge in [-0.3, -0.25) is 0 Å². The lowest BCUT2D eigenvalue weighted by atomic mass is 9.93. The van der Waals surface area contributed by atoms with Crippen molar-refractivity contribution in [2.75, 3.05) is 6.61 Å². The molecule has 17 heavy (non-hydrogen) atoms. The Bertz CT molecular complexity index is 366. The first kappa shape index (κ1) is 13.5. The Morgan fingerprint density at radius 3 is 3.18 bits per heavy atom. The quantitative estimate of drug-likeness (QED) is 0.869. The summed E-state index contributed by atoms with van der Waals surface area (Å²) >= 11 is 5.45. The normalized spacial score (nSPS) is 21.2. The minimum Gasteiger partial charge on any atom is -0.396 e. The molecule has 0 fully saturated rings. The van der Waals surface area contributed by atoms with Gasteiger partial charge in [0.2, 0.25) is 0 Å². The van der Waals surface area contributed by atoms with E-state index in [4.69, 9.17) is 5.11 Å². The molecule has 1 aromatic rings. The summed E-state index contributed by atoms with van der Waals surface area (Å²) in [6, 6.07) is 3.19. The lowest BCUT2D eigenvalue weighted by molar-refractivity contribution is 0.252. The number of hydrogen-bond acceptors (Lipinski definition) is 3.